The summed E-state index contributed by atoms with van der Waals surface area (Å²) in [5.74, 6) is 0.808. The van der Waals surface area contributed by atoms with Gasteiger partial charge in [0, 0.05) is 11.6 Å². The average molecular weight is 430 g/mol. The maximum atomic E-state index is 13.2. The molecule has 5 fully saturated rings. The lowest BCUT2D eigenvalue weighted by Crippen LogP contribution is -3.15. The highest BCUT2D eigenvalue weighted by Crippen LogP contribution is 2.62. The summed E-state index contributed by atoms with van der Waals surface area (Å²) in [5.41, 5.74) is 1.46. The SMILES string of the molecule is C[C@]12CCC[C@]3(CO3)[C@H]1C[C@@H]1[C@H](C[NH+]3CCN(c4ccc(F)cc4)CC3)C(=O)O[C@@H]1C2. The molecule has 5 aliphatic rings. The van der Waals surface area contributed by atoms with E-state index in [-0.39, 0.29) is 34.8 Å². The van der Waals surface area contributed by atoms with Crippen LogP contribution in [0, 0.1) is 29.0 Å². The van der Waals surface area contributed by atoms with Gasteiger partial charge in [-0.05, 0) is 67.7 Å². The number of nitrogens with one attached hydrogen (secondary N) is 1. The Morgan fingerprint density at radius 3 is 2.65 bits per heavy atom. The first-order valence-corrected chi connectivity index (χ1v) is 12.1. The lowest BCUT2D eigenvalue weighted by molar-refractivity contribution is -0.903. The van der Waals surface area contributed by atoms with Crippen molar-refractivity contribution in [2.24, 2.45) is 23.2 Å². The maximum absolute atomic E-state index is 13.2. The number of epoxide rings is 1. The highest BCUT2D eigenvalue weighted by molar-refractivity contribution is 5.75. The Morgan fingerprint density at radius 1 is 1.19 bits per heavy atom. The molecule has 5 nitrogen and oxygen atoms in total. The second-order valence-corrected chi connectivity index (χ2v) is 11.0. The van der Waals surface area contributed by atoms with Crippen LogP contribution >= 0.6 is 0 Å². The third kappa shape index (κ3) is 3.37. The van der Waals surface area contributed by atoms with E-state index in [1.807, 2.05) is 12.1 Å². The molecule has 3 aliphatic heterocycles. The van der Waals surface area contributed by atoms with Gasteiger partial charge in [-0.15, -0.1) is 0 Å². The lowest BCUT2D eigenvalue weighted by Gasteiger charge is -2.51. The summed E-state index contributed by atoms with van der Waals surface area (Å²) in [5, 5.41) is 0. The summed E-state index contributed by atoms with van der Waals surface area (Å²) in [6.07, 6.45) is 5.89. The van der Waals surface area contributed by atoms with Gasteiger partial charge in [-0.2, -0.15) is 0 Å². The molecule has 168 valence electrons. The molecule has 3 saturated heterocycles. The highest BCUT2D eigenvalue weighted by atomic mass is 19.1. The molecule has 6 rings (SSSR count). The summed E-state index contributed by atoms with van der Waals surface area (Å²) < 4.78 is 25.2. The second kappa shape index (κ2) is 7.17. The van der Waals surface area contributed by atoms with Crippen molar-refractivity contribution in [2.45, 2.75) is 50.7 Å². The van der Waals surface area contributed by atoms with E-state index in [4.69, 9.17) is 9.47 Å². The minimum absolute atomic E-state index is 0.0275. The Bertz CT molecular complexity index is 849. The number of rotatable bonds is 3. The number of esters is 1. The summed E-state index contributed by atoms with van der Waals surface area (Å²) in [6.45, 7) is 8.11. The van der Waals surface area contributed by atoms with E-state index in [1.165, 1.54) is 36.3 Å². The molecular formula is C25H34FN2O3+. The number of quaternary nitrogens is 1. The Hall–Kier alpha value is -1.66. The van der Waals surface area contributed by atoms with E-state index in [2.05, 4.69) is 11.8 Å². The smallest absolute Gasteiger partial charge is 0.315 e. The van der Waals surface area contributed by atoms with Gasteiger partial charge >= 0.3 is 5.97 Å². The van der Waals surface area contributed by atoms with Crippen molar-refractivity contribution in [3.63, 3.8) is 0 Å². The highest BCUT2D eigenvalue weighted by Gasteiger charge is 2.65. The summed E-state index contributed by atoms with van der Waals surface area (Å²) in [6, 6.07) is 6.78. The Kier molecular flexibility index (Phi) is 4.62. The molecule has 1 aromatic carbocycles. The zero-order valence-corrected chi connectivity index (χ0v) is 18.4. The van der Waals surface area contributed by atoms with Crippen molar-refractivity contribution in [1.82, 2.24) is 0 Å². The molecule has 31 heavy (non-hydrogen) atoms. The Balaban J connectivity index is 1.11. The number of carbonyl (C=O) groups is 1. The van der Waals surface area contributed by atoms with Crippen LogP contribution in [-0.2, 0) is 14.3 Å². The van der Waals surface area contributed by atoms with Gasteiger partial charge in [-0.3, -0.25) is 4.79 Å². The van der Waals surface area contributed by atoms with Gasteiger partial charge in [0.05, 0.1) is 44.9 Å². The largest absolute Gasteiger partial charge is 0.462 e. The van der Waals surface area contributed by atoms with Crippen molar-refractivity contribution < 1.29 is 23.6 Å². The molecule has 2 aliphatic carbocycles. The minimum atomic E-state index is -0.192. The van der Waals surface area contributed by atoms with Crippen molar-refractivity contribution in [1.29, 1.82) is 0 Å². The van der Waals surface area contributed by atoms with E-state index in [9.17, 15) is 9.18 Å². The van der Waals surface area contributed by atoms with Crippen LogP contribution in [0.4, 0.5) is 10.1 Å². The summed E-state index contributed by atoms with van der Waals surface area (Å²) in [7, 11) is 0. The van der Waals surface area contributed by atoms with E-state index >= 15 is 0 Å². The van der Waals surface area contributed by atoms with Gasteiger partial charge in [0.2, 0.25) is 0 Å². The number of fused-ring (bicyclic) bond motifs is 3. The van der Waals surface area contributed by atoms with Gasteiger partial charge in [0.1, 0.15) is 17.8 Å². The van der Waals surface area contributed by atoms with E-state index in [1.54, 1.807) is 0 Å². The van der Waals surface area contributed by atoms with Crippen LogP contribution < -0.4 is 9.80 Å². The molecule has 1 N–H and O–H groups in total. The Morgan fingerprint density at radius 2 is 1.94 bits per heavy atom. The van der Waals surface area contributed by atoms with Crippen LogP contribution in [0.1, 0.15) is 39.0 Å². The molecule has 6 heteroatoms. The van der Waals surface area contributed by atoms with Crippen LogP contribution in [0.15, 0.2) is 24.3 Å². The molecule has 0 aromatic heterocycles. The Labute approximate surface area is 183 Å². The number of anilines is 1. The molecule has 6 atom stereocenters. The van der Waals surface area contributed by atoms with Gasteiger partial charge < -0.3 is 19.3 Å². The monoisotopic (exact) mass is 429 g/mol. The zero-order valence-electron chi connectivity index (χ0n) is 18.4. The van der Waals surface area contributed by atoms with Crippen molar-refractivity contribution >= 4 is 11.7 Å². The summed E-state index contributed by atoms with van der Waals surface area (Å²) >= 11 is 0. The zero-order chi connectivity index (χ0) is 21.2. The molecule has 3 heterocycles. The van der Waals surface area contributed by atoms with Crippen molar-refractivity contribution in [3.8, 4) is 0 Å². The number of ether oxygens (including phenoxy) is 2. The number of piperazine rings is 1. The quantitative estimate of drug-likeness (QED) is 0.590. The fraction of sp³-hybridized carbons (Fsp3) is 0.720. The van der Waals surface area contributed by atoms with Crippen molar-refractivity contribution in [2.75, 3.05) is 44.2 Å². The number of nitrogens with zero attached hydrogens (tertiary/aromatic N) is 1. The first-order valence-electron chi connectivity index (χ1n) is 12.1. The molecule has 0 amide bonds. The third-order valence-corrected chi connectivity index (χ3v) is 9.25. The maximum Gasteiger partial charge on any atom is 0.315 e. The molecular weight excluding hydrogens is 395 g/mol. The average Bonchev–Trinajstić information content (AvgIpc) is 3.46. The standard InChI is InChI=1S/C25H33FN2O3/c1-24-7-2-8-25(16-30-25)22(24)13-19-20(23(29)31-21(19)14-24)15-27-9-11-28(12-10-27)18-5-3-17(26)4-6-18/h3-6,19-22H,2,7-16H2,1H3/p+1/t19-,20+,21-,22+,24-,25+/m1/s1. The van der Waals surface area contributed by atoms with Crippen molar-refractivity contribution in [3.05, 3.63) is 30.1 Å². The molecule has 2 saturated carbocycles. The summed E-state index contributed by atoms with van der Waals surface area (Å²) in [4.78, 5) is 16.7. The van der Waals surface area contributed by atoms with E-state index < -0.39 is 0 Å². The third-order valence-electron chi connectivity index (χ3n) is 9.25. The second-order valence-electron chi connectivity index (χ2n) is 11.0. The number of carbonyl (C=O) groups excluding carboxylic acids is 1. The molecule has 0 radical (unpaired) electrons. The molecule has 0 bridgehead atoms. The first kappa shape index (κ1) is 20.0. The predicted octanol–water partition coefficient (Wildman–Crippen LogP) is 2.06. The van der Waals surface area contributed by atoms with Crippen LogP contribution in [0.5, 0.6) is 0 Å². The van der Waals surface area contributed by atoms with Gasteiger partial charge in [0.25, 0.3) is 0 Å². The van der Waals surface area contributed by atoms with Crippen LogP contribution in [0.2, 0.25) is 0 Å². The normalized spacial score (nSPS) is 42.3. The van der Waals surface area contributed by atoms with Crippen LogP contribution in [0.25, 0.3) is 0 Å². The first-order chi connectivity index (χ1) is 15.0. The predicted molar refractivity (Wildman–Crippen MR) is 114 cm³/mol. The van der Waals surface area contributed by atoms with E-state index in [0.29, 0.717) is 11.8 Å². The molecule has 1 aromatic rings. The number of benzene rings is 1. The van der Waals surface area contributed by atoms with Gasteiger partial charge in [-0.25, -0.2) is 4.39 Å². The van der Waals surface area contributed by atoms with Crippen LogP contribution in [-0.4, -0.2) is 57.0 Å². The lowest BCUT2D eigenvalue weighted by atomic mass is 9.53. The number of hydrogen-bond acceptors (Lipinski definition) is 4. The van der Waals surface area contributed by atoms with E-state index in [0.717, 1.165) is 57.9 Å². The number of hydrogen-bond donors (Lipinski definition) is 1. The number of halogens is 1. The topological polar surface area (TPSA) is 46.5 Å². The molecule has 0 unspecified atom stereocenters. The minimum Gasteiger partial charge on any atom is -0.462 e. The van der Waals surface area contributed by atoms with Crippen LogP contribution in [0.3, 0.4) is 0 Å². The molecule has 1 spiro atoms. The van der Waals surface area contributed by atoms with Gasteiger partial charge in [0.15, 0.2) is 0 Å². The fourth-order valence-electron chi connectivity index (χ4n) is 7.44. The van der Waals surface area contributed by atoms with Gasteiger partial charge in [-0.1, -0.05) is 6.92 Å². The fourth-order valence-corrected chi connectivity index (χ4v) is 7.44.